The second-order valence-corrected chi connectivity index (χ2v) is 4.05. The molecule has 1 heterocycles. The SMILES string of the molecule is CCOC(=O)c1cc2nc(N)[nH]c2cc1Br. The quantitative estimate of drug-likeness (QED) is 0.827. The van der Waals surface area contributed by atoms with Crippen molar-refractivity contribution in [2.75, 3.05) is 12.3 Å². The molecule has 0 atom stereocenters. The van der Waals surface area contributed by atoms with Gasteiger partial charge in [-0.15, -0.1) is 0 Å². The van der Waals surface area contributed by atoms with E-state index in [4.69, 9.17) is 10.5 Å². The van der Waals surface area contributed by atoms with Gasteiger partial charge < -0.3 is 15.5 Å². The minimum Gasteiger partial charge on any atom is -0.462 e. The van der Waals surface area contributed by atoms with Crippen LogP contribution in [-0.2, 0) is 4.74 Å². The molecule has 3 N–H and O–H groups in total. The summed E-state index contributed by atoms with van der Waals surface area (Å²) in [7, 11) is 0. The van der Waals surface area contributed by atoms with E-state index in [2.05, 4.69) is 25.9 Å². The van der Waals surface area contributed by atoms with Crippen molar-refractivity contribution in [3.8, 4) is 0 Å². The van der Waals surface area contributed by atoms with Gasteiger partial charge in [-0.1, -0.05) is 0 Å². The number of hydrogen-bond donors (Lipinski definition) is 2. The number of aromatic nitrogens is 2. The number of nitrogens with zero attached hydrogens (tertiary/aromatic N) is 1. The number of nitrogen functional groups attached to an aromatic ring is 1. The molecule has 0 amide bonds. The van der Waals surface area contributed by atoms with Crippen LogP contribution in [0.15, 0.2) is 16.6 Å². The molecule has 2 rings (SSSR count). The minimum absolute atomic E-state index is 0.322. The highest BCUT2D eigenvalue weighted by molar-refractivity contribution is 9.10. The fraction of sp³-hybridized carbons (Fsp3) is 0.200. The lowest BCUT2D eigenvalue weighted by Gasteiger charge is -2.03. The molecule has 0 bridgehead atoms. The molecule has 0 radical (unpaired) electrons. The number of fused-ring (bicyclic) bond motifs is 1. The number of carbonyl (C=O) groups excluding carboxylic acids is 1. The molecule has 0 aliphatic rings. The first kappa shape index (κ1) is 10.9. The Morgan fingerprint density at radius 1 is 1.62 bits per heavy atom. The smallest absolute Gasteiger partial charge is 0.339 e. The molecule has 16 heavy (non-hydrogen) atoms. The molecule has 0 fully saturated rings. The van der Waals surface area contributed by atoms with Gasteiger partial charge in [-0.05, 0) is 35.0 Å². The van der Waals surface area contributed by atoms with Crippen LogP contribution < -0.4 is 5.73 Å². The summed E-state index contributed by atoms with van der Waals surface area (Å²) in [5, 5.41) is 0. The van der Waals surface area contributed by atoms with Gasteiger partial charge >= 0.3 is 5.97 Å². The van der Waals surface area contributed by atoms with Crippen LogP contribution in [0.5, 0.6) is 0 Å². The highest BCUT2D eigenvalue weighted by atomic mass is 79.9. The maximum Gasteiger partial charge on any atom is 0.339 e. The molecular formula is C10H10BrN3O2. The summed E-state index contributed by atoms with van der Waals surface area (Å²) in [5.41, 5.74) is 7.39. The Labute approximate surface area is 100 Å². The van der Waals surface area contributed by atoms with Crippen molar-refractivity contribution in [3.05, 3.63) is 22.2 Å². The van der Waals surface area contributed by atoms with Crippen LogP contribution in [0.1, 0.15) is 17.3 Å². The fourth-order valence-corrected chi connectivity index (χ4v) is 1.92. The van der Waals surface area contributed by atoms with Crippen molar-refractivity contribution in [2.24, 2.45) is 0 Å². The molecule has 2 aromatic rings. The maximum absolute atomic E-state index is 11.6. The minimum atomic E-state index is -0.377. The number of ether oxygens (including phenoxy) is 1. The molecule has 0 spiro atoms. The first-order valence-corrected chi connectivity index (χ1v) is 5.53. The van der Waals surface area contributed by atoms with Gasteiger partial charge in [0.2, 0.25) is 0 Å². The average Bonchev–Trinajstić information content (AvgIpc) is 2.56. The Morgan fingerprint density at radius 3 is 3.06 bits per heavy atom. The third kappa shape index (κ3) is 1.88. The van der Waals surface area contributed by atoms with E-state index in [9.17, 15) is 4.79 Å². The third-order valence-corrected chi connectivity index (χ3v) is 2.74. The Morgan fingerprint density at radius 2 is 2.38 bits per heavy atom. The van der Waals surface area contributed by atoms with Gasteiger partial charge in [-0.2, -0.15) is 0 Å². The van der Waals surface area contributed by atoms with Gasteiger partial charge in [0.25, 0.3) is 0 Å². The number of hydrogen-bond acceptors (Lipinski definition) is 4. The van der Waals surface area contributed by atoms with E-state index in [0.29, 0.717) is 28.1 Å². The zero-order valence-electron chi connectivity index (χ0n) is 8.58. The second-order valence-electron chi connectivity index (χ2n) is 3.19. The van der Waals surface area contributed by atoms with Crippen molar-refractivity contribution >= 4 is 38.9 Å². The second kappa shape index (κ2) is 4.13. The number of esters is 1. The number of carbonyl (C=O) groups is 1. The third-order valence-electron chi connectivity index (χ3n) is 2.08. The van der Waals surface area contributed by atoms with E-state index in [0.717, 1.165) is 5.52 Å². The van der Waals surface area contributed by atoms with Gasteiger partial charge in [0.1, 0.15) is 0 Å². The van der Waals surface area contributed by atoms with E-state index >= 15 is 0 Å². The van der Waals surface area contributed by atoms with Crippen molar-refractivity contribution < 1.29 is 9.53 Å². The zero-order chi connectivity index (χ0) is 11.7. The van der Waals surface area contributed by atoms with Gasteiger partial charge in [0, 0.05) is 4.47 Å². The average molecular weight is 284 g/mol. The monoisotopic (exact) mass is 283 g/mol. The molecule has 0 aliphatic heterocycles. The number of H-pyrrole nitrogens is 1. The van der Waals surface area contributed by atoms with Gasteiger partial charge in [0.05, 0.1) is 23.2 Å². The van der Waals surface area contributed by atoms with Gasteiger partial charge in [-0.25, -0.2) is 9.78 Å². The van der Waals surface area contributed by atoms with E-state index in [-0.39, 0.29) is 5.97 Å². The summed E-state index contributed by atoms with van der Waals surface area (Å²) in [6.45, 7) is 2.10. The number of nitrogens with one attached hydrogen (secondary N) is 1. The molecule has 1 aromatic carbocycles. The normalized spacial score (nSPS) is 10.6. The molecule has 84 valence electrons. The van der Waals surface area contributed by atoms with Crippen molar-refractivity contribution in [1.82, 2.24) is 9.97 Å². The lowest BCUT2D eigenvalue weighted by atomic mass is 10.2. The van der Waals surface area contributed by atoms with Crippen molar-refractivity contribution in [3.63, 3.8) is 0 Å². The molecule has 0 saturated carbocycles. The molecule has 0 unspecified atom stereocenters. The van der Waals surface area contributed by atoms with Crippen molar-refractivity contribution in [1.29, 1.82) is 0 Å². The highest BCUT2D eigenvalue weighted by Crippen LogP contribution is 2.24. The molecule has 6 heteroatoms. The lowest BCUT2D eigenvalue weighted by molar-refractivity contribution is 0.0525. The zero-order valence-corrected chi connectivity index (χ0v) is 10.2. The summed E-state index contributed by atoms with van der Waals surface area (Å²) in [6.07, 6.45) is 0. The van der Waals surface area contributed by atoms with E-state index in [1.165, 1.54) is 0 Å². The first-order chi connectivity index (χ1) is 7.61. The lowest BCUT2D eigenvalue weighted by Crippen LogP contribution is -2.05. The van der Waals surface area contributed by atoms with Crippen LogP contribution >= 0.6 is 15.9 Å². The first-order valence-electron chi connectivity index (χ1n) is 4.73. The van der Waals surface area contributed by atoms with Crippen molar-refractivity contribution in [2.45, 2.75) is 6.92 Å². The van der Waals surface area contributed by atoms with E-state index in [1.807, 2.05) is 0 Å². The van der Waals surface area contributed by atoms with Crippen LogP contribution in [0.4, 0.5) is 5.95 Å². The number of rotatable bonds is 2. The Bertz CT molecular complexity index is 550. The number of imidazole rings is 1. The highest BCUT2D eigenvalue weighted by Gasteiger charge is 2.13. The number of halogens is 1. The van der Waals surface area contributed by atoms with Crippen LogP contribution in [-0.4, -0.2) is 22.5 Å². The van der Waals surface area contributed by atoms with Crippen LogP contribution in [0.3, 0.4) is 0 Å². The predicted molar refractivity (Wildman–Crippen MR) is 64.2 cm³/mol. The van der Waals surface area contributed by atoms with Gasteiger partial charge in [0.15, 0.2) is 5.95 Å². The number of benzene rings is 1. The summed E-state index contributed by atoms with van der Waals surface area (Å²) in [5.74, 6) is -0.0549. The van der Waals surface area contributed by atoms with Gasteiger partial charge in [-0.3, -0.25) is 0 Å². The fourth-order valence-electron chi connectivity index (χ4n) is 1.42. The van der Waals surface area contributed by atoms with Crippen LogP contribution in [0.2, 0.25) is 0 Å². The van der Waals surface area contributed by atoms with E-state index in [1.54, 1.807) is 19.1 Å². The van der Waals surface area contributed by atoms with Crippen LogP contribution in [0.25, 0.3) is 11.0 Å². The standard InChI is InChI=1S/C10H10BrN3O2/c1-2-16-9(15)5-3-7-8(4-6(5)11)14-10(12)13-7/h3-4H,2H2,1H3,(H3,12,13,14). The molecule has 1 aromatic heterocycles. The molecule has 5 nitrogen and oxygen atoms in total. The molecule has 0 aliphatic carbocycles. The summed E-state index contributed by atoms with van der Waals surface area (Å²) in [6, 6.07) is 3.40. The molecule has 0 saturated heterocycles. The molecular weight excluding hydrogens is 274 g/mol. The van der Waals surface area contributed by atoms with Crippen LogP contribution in [0, 0.1) is 0 Å². The summed E-state index contributed by atoms with van der Waals surface area (Å²) >= 11 is 3.31. The Kier molecular flexibility index (Phi) is 2.82. The maximum atomic E-state index is 11.6. The number of aromatic amines is 1. The summed E-state index contributed by atoms with van der Waals surface area (Å²) in [4.78, 5) is 18.5. The Hall–Kier alpha value is -1.56. The predicted octanol–water partition coefficient (Wildman–Crippen LogP) is 2.08. The Balaban J connectivity index is 2.53. The number of nitrogens with two attached hydrogens (primary N) is 1. The summed E-state index contributed by atoms with van der Waals surface area (Å²) < 4.78 is 5.58. The van der Waals surface area contributed by atoms with E-state index < -0.39 is 0 Å². The number of anilines is 1. The topological polar surface area (TPSA) is 81.0 Å². The largest absolute Gasteiger partial charge is 0.462 e.